The monoisotopic (exact) mass is 377 g/mol. The number of hydrogen-bond acceptors (Lipinski definition) is 6. The van der Waals surface area contributed by atoms with Gasteiger partial charge in [0.25, 0.3) is 0 Å². The van der Waals surface area contributed by atoms with Gasteiger partial charge in [0.1, 0.15) is 0 Å². The zero-order valence-electron chi connectivity index (χ0n) is 15.5. The van der Waals surface area contributed by atoms with E-state index in [1.54, 1.807) is 19.1 Å². The van der Waals surface area contributed by atoms with Crippen LogP contribution in [0.2, 0.25) is 0 Å². The number of ether oxygens (including phenoxy) is 1. The molecule has 0 spiro atoms. The molecule has 0 aliphatic heterocycles. The molecule has 0 fully saturated rings. The number of nitrogens with one attached hydrogen (secondary N) is 1. The second-order valence-corrected chi connectivity index (χ2v) is 6.17. The summed E-state index contributed by atoms with van der Waals surface area (Å²) in [6, 6.07) is 16.6. The summed E-state index contributed by atoms with van der Waals surface area (Å²) in [5, 5.41) is 14.3. The summed E-state index contributed by atoms with van der Waals surface area (Å²) in [6.07, 6.45) is 1.52. The third-order valence-corrected chi connectivity index (χ3v) is 4.34. The number of hydrogen-bond donors (Lipinski definition) is 1. The Balaban J connectivity index is 1.91. The van der Waals surface area contributed by atoms with Gasteiger partial charge in [-0.25, -0.2) is 9.78 Å². The number of rotatable bonds is 6. The van der Waals surface area contributed by atoms with E-state index in [0.29, 0.717) is 11.1 Å². The summed E-state index contributed by atoms with van der Waals surface area (Å²) in [4.78, 5) is 27.2. The van der Waals surface area contributed by atoms with E-state index in [0.717, 1.165) is 16.7 Å². The van der Waals surface area contributed by atoms with Crippen molar-refractivity contribution in [2.45, 2.75) is 13.5 Å². The molecule has 0 bridgehead atoms. The van der Waals surface area contributed by atoms with E-state index in [4.69, 9.17) is 4.74 Å². The zero-order valence-corrected chi connectivity index (χ0v) is 15.5. The maximum atomic E-state index is 12.3. The molecule has 2 aromatic carbocycles. The average molecular weight is 377 g/mol. The number of anilines is 1. The highest BCUT2D eigenvalue weighted by molar-refractivity contribution is 5.97. The van der Waals surface area contributed by atoms with Gasteiger partial charge in [0.15, 0.2) is 0 Å². The van der Waals surface area contributed by atoms with Crippen LogP contribution in [0.5, 0.6) is 0 Å². The van der Waals surface area contributed by atoms with Crippen LogP contribution < -0.4 is 5.32 Å². The Morgan fingerprint density at radius 3 is 2.61 bits per heavy atom. The Hall–Kier alpha value is -3.74. The summed E-state index contributed by atoms with van der Waals surface area (Å²) in [5.41, 5.74) is 3.33. The summed E-state index contributed by atoms with van der Waals surface area (Å²) in [7, 11) is 1.34. The predicted molar refractivity (Wildman–Crippen MR) is 106 cm³/mol. The molecule has 7 heteroatoms. The molecule has 0 radical (unpaired) electrons. The van der Waals surface area contributed by atoms with Gasteiger partial charge >= 0.3 is 11.7 Å². The summed E-state index contributed by atoms with van der Waals surface area (Å²) >= 11 is 0. The van der Waals surface area contributed by atoms with Crippen LogP contribution in [0.25, 0.3) is 11.1 Å². The molecular formula is C21H19N3O4. The van der Waals surface area contributed by atoms with Crippen LogP contribution in [0.3, 0.4) is 0 Å². The minimum absolute atomic E-state index is 0.0587. The first-order valence-electron chi connectivity index (χ1n) is 8.61. The van der Waals surface area contributed by atoms with E-state index in [9.17, 15) is 14.9 Å². The summed E-state index contributed by atoms with van der Waals surface area (Å²) < 4.78 is 4.92. The highest BCUT2D eigenvalue weighted by Crippen LogP contribution is 2.28. The third-order valence-electron chi connectivity index (χ3n) is 4.34. The molecular weight excluding hydrogens is 358 g/mol. The molecule has 0 saturated heterocycles. The molecule has 0 saturated carbocycles. The van der Waals surface area contributed by atoms with Crippen molar-refractivity contribution in [1.29, 1.82) is 0 Å². The number of carbonyl (C=O) groups is 1. The van der Waals surface area contributed by atoms with Crippen LogP contribution in [-0.4, -0.2) is 23.0 Å². The van der Waals surface area contributed by atoms with E-state index in [2.05, 4.69) is 10.3 Å². The van der Waals surface area contributed by atoms with Crippen LogP contribution in [0.1, 0.15) is 21.5 Å². The normalized spacial score (nSPS) is 10.4. The van der Waals surface area contributed by atoms with E-state index in [1.807, 2.05) is 42.5 Å². The van der Waals surface area contributed by atoms with E-state index >= 15 is 0 Å². The van der Waals surface area contributed by atoms with Crippen molar-refractivity contribution < 1.29 is 14.5 Å². The molecule has 1 heterocycles. The van der Waals surface area contributed by atoms with Gasteiger partial charge in [-0.2, -0.15) is 0 Å². The quantitative estimate of drug-likeness (QED) is 0.389. The van der Waals surface area contributed by atoms with Gasteiger partial charge in [-0.3, -0.25) is 10.1 Å². The molecule has 0 aliphatic rings. The Labute approximate surface area is 162 Å². The van der Waals surface area contributed by atoms with Crippen molar-refractivity contribution in [2.75, 3.05) is 12.4 Å². The molecule has 1 aromatic heterocycles. The van der Waals surface area contributed by atoms with Crippen molar-refractivity contribution in [3.63, 3.8) is 0 Å². The number of carbonyl (C=O) groups excluding carboxylic acids is 1. The maximum absolute atomic E-state index is 12.3. The Morgan fingerprint density at radius 1 is 1.18 bits per heavy atom. The lowest BCUT2D eigenvalue weighted by atomic mass is 9.97. The van der Waals surface area contributed by atoms with Crippen LogP contribution in [0.4, 0.5) is 11.5 Å². The zero-order chi connectivity index (χ0) is 20.1. The molecule has 28 heavy (non-hydrogen) atoms. The second-order valence-electron chi connectivity index (χ2n) is 6.17. The number of aromatic nitrogens is 1. The first kappa shape index (κ1) is 19.0. The number of nitro groups is 1. The van der Waals surface area contributed by atoms with Gasteiger partial charge in [0, 0.05) is 18.3 Å². The average Bonchev–Trinajstić information content (AvgIpc) is 2.71. The fourth-order valence-corrected chi connectivity index (χ4v) is 2.95. The van der Waals surface area contributed by atoms with Crippen molar-refractivity contribution in [2.24, 2.45) is 0 Å². The fraction of sp³-hybridized carbons (Fsp3) is 0.143. The molecule has 0 aliphatic carbocycles. The van der Waals surface area contributed by atoms with Crippen LogP contribution in [0, 0.1) is 17.0 Å². The van der Waals surface area contributed by atoms with Gasteiger partial charge in [-0.05, 0) is 35.7 Å². The molecule has 142 valence electrons. The summed E-state index contributed by atoms with van der Waals surface area (Å²) in [6.45, 7) is 1.94. The van der Waals surface area contributed by atoms with Crippen LogP contribution in [0.15, 0.2) is 60.8 Å². The highest BCUT2D eigenvalue weighted by atomic mass is 16.6. The second kappa shape index (κ2) is 8.30. The topological polar surface area (TPSA) is 94.4 Å². The number of benzene rings is 2. The van der Waals surface area contributed by atoms with Gasteiger partial charge < -0.3 is 10.1 Å². The number of aryl methyl sites for hydroxylation is 1. The first-order valence-corrected chi connectivity index (χ1v) is 8.61. The molecule has 0 unspecified atom stereocenters. The van der Waals surface area contributed by atoms with Gasteiger partial charge in [0.2, 0.25) is 5.82 Å². The molecule has 3 aromatic rings. The standard InChI is InChI=1S/C21H19N3O4/c1-14-10-11-22-20(19(14)24(26)27)23-13-15-8-9-17(16-6-4-3-5-7-16)18(12-15)21(25)28-2/h3-12H,13H2,1-2H3,(H,22,23). The lowest BCUT2D eigenvalue weighted by Crippen LogP contribution is -2.08. The molecule has 7 nitrogen and oxygen atoms in total. The van der Waals surface area contributed by atoms with Crippen molar-refractivity contribution >= 4 is 17.5 Å². The number of nitrogens with zero attached hydrogens (tertiary/aromatic N) is 2. The van der Waals surface area contributed by atoms with E-state index < -0.39 is 10.9 Å². The SMILES string of the molecule is COC(=O)c1cc(CNc2nccc(C)c2[N+](=O)[O-])ccc1-c1ccccc1. The van der Waals surface area contributed by atoms with E-state index in [-0.39, 0.29) is 18.1 Å². The number of pyridine rings is 1. The van der Waals surface area contributed by atoms with E-state index in [1.165, 1.54) is 13.3 Å². The van der Waals surface area contributed by atoms with Gasteiger partial charge in [-0.1, -0.05) is 42.5 Å². The Bertz CT molecular complexity index is 1020. The minimum atomic E-state index is -0.455. The van der Waals surface area contributed by atoms with Gasteiger partial charge in [-0.15, -0.1) is 0 Å². The smallest absolute Gasteiger partial charge is 0.338 e. The summed E-state index contributed by atoms with van der Waals surface area (Å²) in [5.74, 6) is -0.253. The predicted octanol–water partition coefficient (Wildman–Crippen LogP) is 4.36. The molecule has 0 amide bonds. The third kappa shape index (κ3) is 3.98. The lowest BCUT2D eigenvalue weighted by Gasteiger charge is -2.12. The first-order chi connectivity index (χ1) is 13.5. The Morgan fingerprint density at radius 2 is 1.93 bits per heavy atom. The largest absolute Gasteiger partial charge is 0.465 e. The fourth-order valence-electron chi connectivity index (χ4n) is 2.95. The maximum Gasteiger partial charge on any atom is 0.338 e. The lowest BCUT2D eigenvalue weighted by molar-refractivity contribution is -0.384. The number of methoxy groups -OCH3 is 1. The van der Waals surface area contributed by atoms with Gasteiger partial charge in [0.05, 0.1) is 17.6 Å². The molecule has 1 N–H and O–H groups in total. The molecule has 3 rings (SSSR count). The molecule has 0 atom stereocenters. The van der Waals surface area contributed by atoms with Crippen molar-refractivity contribution in [3.05, 3.63) is 87.6 Å². The number of esters is 1. The van der Waals surface area contributed by atoms with Crippen LogP contribution in [-0.2, 0) is 11.3 Å². The minimum Gasteiger partial charge on any atom is -0.465 e. The highest BCUT2D eigenvalue weighted by Gasteiger charge is 2.19. The Kier molecular flexibility index (Phi) is 5.64. The van der Waals surface area contributed by atoms with Crippen molar-refractivity contribution in [1.82, 2.24) is 4.98 Å². The van der Waals surface area contributed by atoms with Crippen molar-refractivity contribution in [3.8, 4) is 11.1 Å². The van der Waals surface area contributed by atoms with Crippen LogP contribution >= 0.6 is 0 Å².